The van der Waals surface area contributed by atoms with Gasteiger partial charge in [-0.05, 0) is 32.0 Å². The Morgan fingerprint density at radius 2 is 2.21 bits per heavy atom. The Hall–Kier alpha value is -2.37. The zero-order chi connectivity index (χ0) is 13.8. The van der Waals surface area contributed by atoms with Crippen molar-refractivity contribution in [3.8, 4) is 0 Å². The summed E-state index contributed by atoms with van der Waals surface area (Å²) < 4.78 is 0. The van der Waals surface area contributed by atoms with Crippen LogP contribution in [0.5, 0.6) is 0 Å². The highest BCUT2D eigenvalue weighted by atomic mass is 16.2. The molecule has 1 aromatic heterocycles. The van der Waals surface area contributed by atoms with E-state index in [9.17, 15) is 4.79 Å². The number of nitrogens with zero attached hydrogens (tertiary/aromatic N) is 2. The molecule has 1 amide bonds. The maximum atomic E-state index is 11.7. The van der Waals surface area contributed by atoms with E-state index in [0.717, 1.165) is 10.9 Å². The standard InChI is InChI=1S/C13H17N5O/c1-3-15-13(19)8(2)18-12-10-6-9(14)4-5-11(10)16-7-17-12/h4-8H,3,14H2,1-2H3,(H,15,19)(H,16,17,18). The second-order valence-electron chi connectivity index (χ2n) is 4.26. The number of nitrogen functional groups attached to an aromatic ring is 1. The summed E-state index contributed by atoms with van der Waals surface area (Å²) in [7, 11) is 0. The molecule has 6 nitrogen and oxygen atoms in total. The molecule has 0 bridgehead atoms. The summed E-state index contributed by atoms with van der Waals surface area (Å²) >= 11 is 0. The molecule has 0 saturated carbocycles. The van der Waals surface area contributed by atoms with Crippen LogP contribution in [0.3, 0.4) is 0 Å². The van der Waals surface area contributed by atoms with E-state index in [1.165, 1.54) is 6.33 Å². The summed E-state index contributed by atoms with van der Waals surface area (Å²) in [5.41, 5.74) is 7.19. The van der Waals surface area contributed by atoms with E-state index in [1.807, 2.05) is 13.0 Å². The van der Waals surface area contributed by atoms with Crippen molar-refractivity contribution in [3.05, 3.63) is 24.5 Å². The third kappa shape index (κ3) is 2.90. The van der Waals surface area contributed by atoms with Crippen LogP contribution in [0, 0.1) is 0 Å². The van der Waals surface area contributed by atoms with Crippen LogP contribution in [-0.2, 0) is 4.79 Å². The number of likely N-dealkylation sites (N-methyl/N-ethyl adjacent to an activating group) is 1. The van der Waals surface area contributed by atoms with Crippen molar-refractivity contribution in [3.63, 3.8) is 0 Å². The highest BCUT2D eigenvalue weighted by Crippen LogP contribution is 2.22. The fourth-order valence-electron chi connectivity index (χ4n) is 1.79. The topological polar surface area (TPSA) is 92.9 Å². The van der Waals surface area contributed by atoms with E-state index in [4.69, 9.17) is 5.73 Å². The summed E-state index contributed by atoms with van der Waals surface area (Å²) in [6.07, 6.45) is 1.46. The van der Waals surface area contributed by atoms with Gasteiger partial charge in [-0.1, -0.05) is 0 Å². The molecule has 0 fully saturated rings. The van der Waals surface area contributed by atoms with Gasteiger partial charge in [-0.15, -0.1) is 0 Å². The van der Waals surface area contributed by atoms with Crippen LogP contribution in [0.4, 0.5) is 11.5 Å². The number of nitrogens with two attached hydrogens (primary N) is 1. The number of amides is 1. The molecule has 1 unspecified atom stereocenters. The van der Waals surface area contributed by atoms with Gasteiger partial charge < -0.3 is 16.4 Å². The first-order valence-corrected chi connectivity index (χ1v) is 6.16. The second-order valence-corrected chi connectivity index (χ2v) is 4.26. The normalized spacial score (nSPS) is 12.1. The van der Waals surface area contributed by atoms with Gasteiger partial charge >= 0.3 is 0 Å². The Kier molecular flexibility index (Phi) is 3.79. The smallest absolute Gasteiger partial charge is 0.242 e. The lowest BCUT2D eigenvalue weighted by Gasteiger charge is -2.15. The van der Waals surface area contributed by atoms with Crippen LogP contribution < -0.4 is 16.4 Å². The number of carbonyl (C=O) groups excluding carboxylic acids is 1. The Labute approximate surface area is 111 Å². The summed E-state index contributed by atoms with van der Waals surface area (Å²) in [5.74, 6) is 0.536. The first-order valence-electron chi connectivity index (χ1n) is 6.16. The molecule has 0 aliphatic rings. The number of hydrogen-bond acceptors (Lipinski definition) is 5. The van der Waals surface area contributed by atoms with Gasteiger partial charge in [0, 0.05) is 17.6 Å². The van der Waals surface area contributed by atoms with E-state index in [0.29, 0.717) is 18.1 Å². The highest BCUT2D eigenvalue weighted by Gasteiger charge is 2.13. The van der Waals surface area contributed by atoms with Crippen molar-refractivity contribution in [2.45, 2.75) is 19.9 Å². The Bertz CT molecular complexity index is 599. The number of anilines is 2. The number of carbonyl (C=O) groups is 1. The van der Waals surface area contributed by atoms with Crippen LogP contribution in [0.2, 0.25) is 0 Å². The summed E-state index contributed by atoms with van der Waals surface area (Å²) in [6.45, 7) is 4.26. The number of nitrogens with one attached hydrogen (secondary N) is 2. The second kappa shape index (κ2) is 5.51. The number of benzene rings is 1. The molecule has 1 aromatic carbocycles. The van der Waals surface area contributed by atoms with Crippen molar-refractivity contribution < 1.29 is 4.79 Å². The molecule has 0 aliphatic heterocycles. The number of fused-ring (bicyclic) bond motifs is 1. The third-order valence-electron chi connectivity index (χ3n) is 2.76. The van der Waals surface area contributed by atoms with E-state index >= 15 is 0 Å². The average Bonchev–Trinajstić information content (AvgIpc) is 2.39. The fourth-order valence-corrected chi connectivity index (χ4v) is 1.79. The molecule has 1 atom stereocenters. The fraction of sp³-hybridized carbons (Fsp3) is 0.308. The zero-order valence-corrected chi connectivity index (χ0v) is 11.0. The van der Waals surface area contributed by atoms with Gasteiger partial charge in [0.2, 0.25) is 5.91 Å². The lowest BCUT2D eigenvalue weighted by molar-refractivity contribution is -0.121. The predicted octanol–water partition coefficient (Wildman–Crippen LogP) is 1.15. The minimum Gasteiger partial charge on any atom is -0.399 e. The minimum atomic E-state index is -0.375. The largest absolute Gasteiger partial charge is 0.399 e. The highest BCUT2D eigenvalue weighted by molar-refractivity contribution is 5.93. The molecule has 4 N–H and O–H groups in total. The number of rotatable bonds is 4. The Morgan fingerprint density at radius 3 is 2.95 bits per heavy atom. The van der Waals surface area contributed by atoms with Gasteiger partial charge in [-0.25, -0.2) is 9.97 Å². The Morgan fingerprint density at radius 1 is 1.42 bits per heavy atom. The molecule has 0 aliphatic carbocycles. The van der Waals surface area contributed by atoms with Gasteiger partial charge in [0.1, 0.15) is 18.2 Å². The molecule has 6 heteroatoms. The van der Waals surface area contributed by atoms with Gasteiger partial charge in [0.05, 0.1) is 5.52 Å². The lowest BCUT2D eigenvalue weighted by atomic mass is 10.2. The maximum Gasteiger partial charge on any atom is 0.242 e. The van der Waals surface area contributed by atoms with Gasteiger partial charge in [0.15, 0.2) is 0 Å². The van der Waals surface area contributed by atoms with Crippen LogP contribution in [-0.4, -0.2) is 28.5 Å². The van der Waals surface area contributed by atoms with E-state index < -0.39 is 0 Å². The van der Waals surface area contributed by atoms with Gasteiger partial charge in [-0.3, -0.25) is 4.79 Å². The molecular formula is C13H17N5O. The molecule has 19 heavy (non-hydrogen) atoms. The van der Waals surface area contributed by atoms with Crippen LogP contribution in [0.25, 0.3) is 10.9 Å². The van der Waals surface area contributed by atoms with Crippen molar-refractivity contribution in [2.24, 2.45) is 0 Å². The van der Waals surface area contributed by atoms with Gasteiger partial charge in [0.25, 0.3) is 0 Å². The minimum absolute atomic E-state index is 0.0711. The number of aromatic nitrogens is 2. The molecule has 2 aromatic rings. The first-order chi connectivity index (χ1) is 9.11. The van der Waals surface area contributed by atoms with Crippen molar-refractivity contribution >= 4 is 28.3 Å². The molecule has 1 heterocycles. The SMILES string of the molecule is CCNC(=O)C(C)Nc1ncnc2ccc(N)cc12. The van der Waals surface area contributed by atoms with Crippen molar-refractivity contribution in [1.82, 2.24) is 15.3 Å². The molecular weight excluding hydrogens is 242 g/mol. The quantitative estimate of drug-likeness (QED) is 0.716. The average molecular weight is 259 g/mol. The van der Waals surface area contributed by atoms with Crippen molar-refractivity contribution in [1.29, 1.82) is 0 Å². The van der Waals surface area contributed by atoms with Crippen LogP contribution >= 0.6 is 0 Å². The first kappa shape index (κ1) is 13.1. The predicted molar refractivity (Wildman–Crippen MR) is 75.7 cm³/mol. The Balaban J connectivity index is 2.30. The van der Waals surface area contributed by atoms with E-state index in [1.54, 1.807) is 19.1 Å². The summed E-state index contributed by atoms with van der Waals surface area (Å²) in [4.78, 5) is 20.0. The number of hydrogen-bond donors (Lipinski definition) is 3. The summed E-state index contributed by atoms with van der Waals surface area (Å²) in [6, 6.07) is 5.03. The molecule has 0 spiro atoms. The molecule has 100 valence electrons. The van der Waals surface area contributed by atoms with E-state index in [2.05, 4.69) is 20.6 Å². The van der Waals surface area contributed by atoms with Crippen molar-refractivity contribution in [2.75, 3.05) is 17.6 Å². The van der Waals surface area contributed by atoms with E-state index in [-0.39, 0.29) is 11.9 Å². The van der Waals surface area contributed by atoms with Crippen LogP contribution in [0.1, 0.15) is 13.8 Å². The summed E-state index contributed by atoms with van der Waals surface area (Å²) in [5, 5.41) is 6.64. The van der Waals surface area contributed by atoms with Gasteiger partial charge in [-0.2, -0.15) is 0 Å². The molecule has 2 rings (SSSR count). The zero-order valence-electron chi connectivity index (χ0n) is 11.0. The molecule has 0 radical (unpaired) electrons. The maximum absolute atomic E-state index is 11.7. The third-order valence-corrected chi connectivity index (χ3v) is 2.76. The monoisotopic (exact) mass is 259 g/mol. The van der Waals surface area contributed by atoms with Crippen LogP contribution in [0.15, 0.2) is 24.5 Å². The molecule has 0 saturated heterocycles. The lowest BCUT2D eigenvalue weighted by Crippen LogP contribution is -2.37.